The van der Waals surface area contributed by atoms with Crippen molar-refractivity contribution in [3.63, 3.8) is 0 Å². The molecule has 8 aromatic carbocycles. The van der Waals surface area contributed by atoms with Gasteiger partial charge in [0.25, 0.3) is 0 Å². The summed E-state index contributed by atoms with van der Waals surface area (Å²) in [6.07, 6.45) is 0. The van der Waals surface area contributed by atoms with Crippen molar-refractivity contribution in [2.24, 2.45) is 0 Å². The number of para-hydroxylation sites is 2. The number of hydrogen-bond acceptors (Lipinski definition) is 2. The highest BCUT2D eigenvalue weighted by molar-refractivity contribution is 6.10. The van der Waals surface area contributed by atoms with Crippen LogP contribution in [0.15, 0.2) is 192 Å². The summed E-state index contributed by atoms with van der Waals surface area (Å²) in [7, 11) is 0. The average molecular weight is 716 g/mol. The van der Waals surface area contributed by atoms with E-state index in [9.17, 15) is 0 Å². The molecule has 10 aromatic rings. The first-order valence-corrected chi connectivity index (χ1v) is 19.4. The molecule has 2 heteroatoms. The summed E-state index contributed by atoms with van der Waals surface area (Å²) < 4.78 is 6.68. The molecule has 2 aromatic heterocycles. The van der Waals surface area contributed by atoms with E-state index in [1.165, 1.54) is 44.2 Å². The van der Waals surface area contributed by atoms with E-state index in [0.717, 1.165) is 66.7 Å². The lowest BCUT2D eigenvalue weighted by atomic mass is 9.79. The molecule has 2 nitrogen and oxygen atoms in total. The van der Waals surface area contributed by atoms with E-state index in [1.54, 1.807) is 0 Å². The molecule has 0 unspecified atom stereocenters. The van der Waals surface area contributed by atoms with Gasteiger partial charge in [0, 0.05) is 32.9 Å². The fraction of sp³-hybridized carbons (Fsp3) is 0.0556. The van der Waals surface area contributed by atoms with Crippen LogP contribution in [0.4, 0.5) is 0 Å². The molecule has 11 rings (SSSR count). The first-order valence-electron chi connectivity index (χ1n) is 19.4. The number of rotatable bonds is 5. The highest BCUT2D eigenvalue weighted by Gasteiger charge is 2.38. The molecule has 2 heterocycles. The predicted octanol–water partition coefficient (Wildman–Crippen LogP) is 14.8. The van der Waals surface area contributed by atoms with Crippen LogP contribution in [0.3, 0.4) is 0 Å². The van der Waals surface area contributed by atoms with Crippen molar-refractivity contribution in [3.05, 3.63) is 199 Å². The number of pyridine rings is 1. The van der Waals surface area contributed by atoms with Gasteiger partial charge in [-0.15, -0.1) is 0 Å². The van der Waals surface area contributed by atoms with E-state index < -0.39 is 0 Å². The smallest absolute Gasteiger partial charge is 0.143 e. The van der Waals surface area contributed by atoms with E-state index in [4.69, 9.17) is 9.40 Å². The number of furan rings is 1. The minimum absolute atomic E-state index is 0.165. The molecule has 0 N–H and O–H groups in total. The van der Waals surface area contributed by atoms with Gasteiger partial charge in [0.05, 0.1) is 11.4 Å². The minimum atomic E-state index is -0.165. The second-order valence-corrected chi connectivity index (χ2v) is 15.5. The van der Waals surface area contributed by atoms with E-state index in [0.29, 0.717) is 0 Å². The molecule has 1 aliphatic rings. The normalized spacial score (nSPS) is 13.0. The Morgan fingerprint density at radius 3 is 1.71 bits per heavy atom. The molecule has 0 fully saturated rings. The predicted molar refractivity (Wildman–Crippen MR) is 234 cm³/mol. The molecular formula is C54H37NO. The van der Waals surface area contributed by atoms with Gasteiger partial charge in [-0.3, -0.25) is 0 Å². The topological polar surface area (TPSA) is 26.0 Å². The molecule has 56 heavy (non-hydrogen) atoms. The highest BCUT2D eigenvalue weighted by Crippen LogP contribution is 2.55. The molecule has 0 aliphatic heterocycles. The summed E-state index contributed by atoms with van der Waals surface area (Å²) in [4.78, 5) is 5.23. The molecule has 0 atom stereocenters. The Bertz CT molecular complexity index is 3090. The summed E-state index contributed by atoms with van der Waals surface area (Å²) in [6.45, 7) is 4.76. The monoisotopic (exact) mass is 715 g/mol. The van der Waals surface area contributed by atoms with Gasteiger partial charge in [-0.05, 0) is 103 Å². The zero-order valence-electron chi connectivity index (χ0n) is 31.3. The number of benzene rings is 8. The lowest BCUT2D eigenvalue weighted by Crippen LogP contribution is -2.15. The summed E-state index contributed by atoms with van der Waals surface area (Å²) in [6, 6.07) is 67.7. The van der Waals surface area contributed by atoms with Crippen LogP contribution in [-0.4, -0.2) is 4.98 Å². The standard InChI is InChI=1S/C54H37NO/c1-54(2)47-26-13-11-23-45(47)51-46(31-36-20-9-10-21-41(36)52(51)54)40-29-37(28-39(30-40)42-24-15-25-44-43-22-12-14-27-50(43)56-53(42)44)38-32-48(34-16-5-3-6-17-34)55-49(33-38)35-18-7-4-8-19-35/h3-33H,1-2H3. The van der Waals surface area contributed by atoms with Gasteiger partial charge in [-0.1, -0.05) is 159 Å². The van der Waals surface area contributed by atoms with Crippen LogP contribution >= 0.6 is 0 Å². The number of aromatic nitrogens is 1. The van der Waals surface area contributed by atoms with Crippen molar-refractivity contribution < 1.29 is 4.42 Å². The van der Waals surface area contributed by atoms with Gasteiger partial charge < -0.3 is 4.42 Å². The largest absolute Gasteiger partial charge is 0.455 e. The van der Waals surface area contributed by atoms with Crippen LogP contribution in [0, 0.1) is 0 Å². The Kier molecular flexibility index (Phi) is 7.24. The van der Waals surface area contributed by atoms with Gasteiger partial charge >= 0.3 is 0 Å². The molecule has 0 amide bonds. The maximum absolute atomic E-state index is 6.68. The van der Waals surface area contributed by atoms with Gasteiger partial charge in [0.2, 0.25) is 0 Å². The van der Waals surface area contributed by atoms with Gasteiger partial charge in [-0.2, -0.15) is 0 Å². The number of nitrogens with zero attached hydrogens (tertiary/aromatic N) is 1. The van der Waals surface area contributed by atoms with Crippen molar-refractivity contribution in [2.45, 2.75) is 19.3 Å². The molecular weight excluding hydrogens is 679 g/mol. The highest BCUT2D eigenvalue weighted by atomic mass is 16.3. The third-order valence-electron chi connectivity index (χ3n) is 11.8. The van der Waals surface area contributed by atoms with Crippen molar-refractivity contribution in [1.82, 2.24) is 4.98 Å². The molecule has 0 saturated carbocycles. The zero-order chi connectivity index (χ0) is 37.4. The van der Waals surface area contributed by atoms with Crippen molar-refractivity contribution in [1.29, 1.82) is 0 Å². The molecule has 0 spiro atoms. The van der Waals surface area contributed by atoms with Crippen LogP contribution in [-0.2, 0) is 5.41 Å². The Balaban J connectivity index is 1.23. The van der Waals surface area contributed by atoms with Crippen LogP contribution in [0.25, 0.3) is 99.7 Å². The first-order chi connectivity index (χ1) is 27.5. The lowest BCUT2D eigenvalue weighted by molar-refractivity contribution is 0.666. The SMILES string of the molecule is CC1(C)c2ccccc2-c2c(-c3cc(-c4cc(-c5ccccc5)nc(-c5ccccc5)c4)cc(-c4cccc5c4oc4ccccc45)c3)cc3ccccc3c21. The molecule has 0 radical (unpaired) electrons. The van der Waals surface area contributed by atoms with Gasteiger partial charge in [-0.25, -0.2) is 4.98 Å². The molecule has 264 valence electrons. The minimum Gasteiger partial charge on any atom is -0.455 e. The van der Waals surface area contributed by atoms with E-state index in [1.807, 2.05) is 6.07 Å². The van der Waals surface area contributed by atoms with Crippen molar-refractivity contribution in [2.75, 3.05) is 0 Å². The van der Waals surface area contributed by atoms with Crippen LogP contribution < -0.4 is 0 Å². The van der Waals surface area contributed by atoms with E-state index in [-0.39, 0.29) is 5.41 Å². The fourth-order valence-electron chi connectivity index (χ4n) is 9.18. The van der Waals surface area contributed by atoms with Gasteiger partial charge in [0.1, 0.15) is 11.2 Å². The fourth-order valence-corrected chi connectivity index (χ4v) is 9.18. The van der Waals surface area contributed by atoms with Crippen LogP contribution in [0.1, 0.15) is 25.0 Å². The van der Waals surface area contributed by atoms with Crippen molar-refractivity contribution >= 4 is 32.7 Å². The maximum Gasteiger partial charge on any atom is 0.143 e. The quantitative estimate of drug-likeness (QED) is 0.177. The Morgan fingerprint density at radius 2 is 0.964 bits per heavy atom. The molecule has 0 bridgehead atoms. The van der Waals surface area contributed by atoms with Crippen LogP contribution in [0.5, 0.6) is 0 Å². The summed E-state index contributed by atoms with van der Waals surface area (Å²) in [5.41, 5.74) is 17.9. The molecule has 0 saturated heterocycles. The third kappa shape index (κ3) is 5.07. The second-order valence-electron chi connectivity index (χ2n) is 15.5. The maximum atomic E-state index is 6.68. The number of hydrogen-bond donors (Lipinski definition) is 0. The zero-order valence-corrected chi connectivity index (χ0v) is 31.3. The van der Waals surface area contributed by atoms with Crippen LogP contribution in [0.2, 0.25) is 0 Å². The van der Waals surface area contributed by atoms with Crippen molar-refractivity contribution in [3.8, 4) is 67.0 Å². The Morgan fingerprint density at radius 1 is 0.411 bits per heavy atom. The van der Waals surface area contributed by atoms with E-state index >= 15 is 0 Å². The Hall–Kier alpha value is -7.03. The number of fused-ring (bicyclic) bond motifs is 8. The second kappa shape index (κ2) is 12.5. The average Bonchev–Trinajstić information content (AvgIpc) is 3.76. The Labute approximate surface area is 326 Å². The lowest BCUT2D eigenvalue weighted by Gasteiger charge is -2.24. The van der Waals surface area contributed by atoms with Gasteiger partial charge in [0.15, 0.2) is 0 Å². The third-order valence-corrected chi connectivity index (χ3v) is 11.8. The molecule has 1 aliphatic carbocycles. The summed E-state index contributed by atoms with van der Waals surface area (Å²) >= 11 is 0. The summed E-state index contributed by atoms with van der Waals surface area (Å²) in [5.74, 6) is 0. The first kappa shape index (κ1) is 32.4. The summed E-state index contributed by atoms with van der Waals surface area (Å²) in [5, 5.41) is 4.80. The van der Waals surface area contributed by atoms with E-state index in [2.05, 4.69) is 196 Å².